The first-order chi connectivity index (χ1) is 17.3. The van der Waals surface area contributed by atoms with Gasteiger partial charge in [0, 0.05) is 50.0 Å². The molecule has 2 aliphatic rings. The van der Waals surface area contributed by atoms with Gasteiger partial charge in [0.1, 0.15) is 0 Å². The number of likely N-dealkylation sites (tertiary alicyclic amines) is 1. The first kappa shape index (κ1) is 25.5. The maximum atomic E-state index is 12.7. The Hall–Kier alpha value is -3.59. The number of benzene rings is 1. The van der Waals surface area contributed by atoms with Crippen molar-refractivity contribution in [3.8, 4) is 0 Å². The second-order valence-corrected chi connectivity index (χ2v) is 9.56. The Balaban J connectivity index is 1.26. The first-order valence-electron chi connectivity index (χ1n) is 12.3. The number of aromatic nitrogens is 1. The van der Waals surface area contributed by atoms with Crippen molar-refractivity contribution < 1.29 is 23.9 Å². The summed E-state index contributed by atoms with van der Waals surface area (Å²) in [5, 5.41) is 1.00. The number of esters is 1. The van der Waals surface area contributed by atoms with Crippen molar-refractivity contribution in [2.75, 3.05) is 47.6 Å². The molecule has 0 unspecified atom stereocenters. The van der Waals surface area contributed by atoms with Crippen LogP contribution in [-0.2, 0) is 25.5 Å². The molecular weight excluding hydrogens is 460 g/mol. The molecule has 3 heterocycles. The summed E-state index contributed by atoms with van der Waals surface area (Å²) >= 11 is 0. The number of likely N-dealkylation sites (N-methyl/N-ethyl adjacent to an activating group) is 1. The minimum absolute atomic E-state index is 0.0100. The van der Waals surface area contributed by atoms with Crippen LogP contribution in [0.3, 0.4) is 0 Å². The highest BCUT2D eigenvalue weighted by atomic mass is 16.7. The van der Waals surface area contributed by atoms with Crippen LogP contribution in [0.25, 0.3) is 10.9 Å². The molecule has 0 atom stereocenters. The fraction of sp³-hybridized carbons (Fsp3) is 0.444. The molecule has 1 aromatic carbocycles. The van der Waals surface area contributed by atoms with Gasteiger partial charge in [0.05, 0.1) is 11.4 Å². The number of carbonyl (C=O) groups is 3. The molecule has 2 aliphatic heterocycles. The topological polar surface area (TPSA) is 84.3 Å². The number of rotatable bonds is 7. The number of ether oxygens (including phenoxy) is 2. The van der Waals surface area contributed by atoms with Crippen molar-refractivity contribution in [3.05, 3.63) is 60.1 Å². The Bertz CT molecular complexity index is 1170. The zero-order valence-corrected chi connectivity index (χ0v) is 21.2. The third kappa shape index (κ3) is 5.96. The highest BCUT2D eigenvalue weighted by Gasteiger charge is 2.30. The summed E-state index contributed by atoms with van der Waals surface area (Å²) in [5.41, 5.74) is 2.56. The van der Waals surface area contributed by atoms with Crippen molar-refractivity contribution in [2.24, 2.45) is 5.92 Å². The van der Waals surface area contributed by atoms with Gasteiger partial charge >= 0.3 is 12.1 Å². The molecule has 9 nitrogen and oxygen atoms in total. The van der Waals surface area contributed by atoms with E-state index in [1.807, 2.05) is 68.8 Å². The van der Waals surface area contributed by atoms with Crippen molar-refractivity contribution in [3.63, 3.8) is 0 Å². The van der Waals surface area contributed by atoms with E-state index in [4.69, 9.17) is 9.47 Å². The van der Waals surface area contributed by atoms with Crippen molar-refractivity contribution in [2.45, 2.75) is 25.7 Å². The summed E-state index contributed by atoms with van der Waals surface area (Å²) in [6, 6.07) is 7.67. The van der Waals surface area contributed by atoms with Gasteiger partial charge in [0.2, 0.25) is 6.79 Å². The number of nitrogens with zero attached hydrogens (tertiary/aromatic N) is 4. The van der Waals surface area contributed by atoms with Crippen molar-refractivity contribution in [1.82, 2.24) is 19.3 Å². The highest BCUT2D eigenvalue weighted by molar-refractivity contribution is 5.94. The minimum Gasteiger partial charge on any atom is -0.428 e. The lowest BCUT2D eigenvalue weighted by Gasteiger charge is -2.32. The van der Waals surface area contributed by atoms with E-state index < -0.39 is 18.9 Å². The molecule has 1 amide bonds. The maximum Gasteiger partial charge on any atom is 0.421 e. The summed E-state index contributed by atoms with van der Waals surface area (Å²) in [7, 11) is 5.91. The SMILES string of the molecule is CN1C=CCC(C(=O)N2CCC(C(=O)OCOC(=O)n3cc(CCN(C)C)c4ccccc43)CC2)=C1. The average molecular weight is 495 g/mol. The van der Waals surface area contributed by atoms with Crippen LogP contribution >= 0.6 is 0 Å². The van der Waals surface area contributed by atoms with E-state index in [2.05, 4.69) is 4.90 Å². The van der Waals surface area contributed by atoms with Gasteiger partial charge in [0.15, 0.2) is 0 Å². The molecule has 36 heavy (non-hydrogen) atoms. The molecule has 0 saturated carbocycles. The molecule has 192 valence electrons. The molecule has 2 aromatic rings. The van der Waals surface area contributed by atoms with E-state index in [1.54, 1.807) is 11.1 Å². The van der Waals surface area contributed by atoms with E-state index in [9.17, 15) is 14.4 Å². The third-order valence-electron chi connectivity index (χ3n) is 6.63. The normalized spacial score (nSPS) is 16.4. The Morgan fingerprint density at radius 1 is 1.08 bits per heavy atom. The van der Waals surface area contributed by atoms with Crippen molar-refractivity contribution >= 4 is 28.9 Å². The Morgan fingerprint density at radius 3 is 2.56 bits per heavy atom. The fourth-order valence-corrected chi connectivity index (χ4v) is 4.62. The number of carbonyl (C=O) groups excluding carboxylic acids is 3. The molecule has 1 fully saturated rings. The molecule has 1 saturated heterocycles. The molecule has 0 N–H and O–H groups in total. The number of hydrogen-bond donors (Lipinski definition) is 0. The first-order valence-corrected chi connectivity index (χ1v) is 12.3. The Labute approximate surface area is 211 Å². The van der Waals surface area contributed by atoms with Crippen LogP contribution in [0.5, 0.6) is 0 Å². The van der Waals surface area contributed by atoms with Crippen LogP contribution in [0.4, 0.5) is 4.79 Å². The molecule has 4 rings (SSSR count). The monoisotopic (exact) mass is 494 g/mol. The van der Waals surface area contributed by atoms with Crippen LogP contribution < -0.4 is 0 Å². The van der Waals surface area contributed by atoms with Crippen LogP contribution in [0.2, 0.25) is 0 Å². The summed E-state index contributed by atoms with van der Waals surface area (Å²) in [6.07, 6.45) is 9.39. The van der Waals surface area contributed by atoms with Gasteiger partial charge < -0.3 is 24.2 Å². The lowest BCUT2D eigenvalue weighted by molar-refractivity contribution is -0.159. The number of piperidine rings is 1. The second kappa shape index (κ2) is 11.4. The number of amides is 1. The van der Waals surface area contributed by atoms with Gasteiger partial charge in [0.25, 0.3) is 5.91 Å². The highest BCUT2D eigenvalue weighted by Crippen LogP contribution is 2.24. The zero-order chi connectivity index (χ0) is 25.7. The summed E-state index contributed by atoms with van der Waals surface area (Å²) in [6.45, 7) is 1.40. The van der Waals surface area contributed by atoms with Crippen molar-refractivity contribution in [1.29, 1.82) is 0 Å². The molecular formula is C27H34N4O5. The van der Waals surface area contributed by atoms with Gasteiger partial charge in [-0.25, -0.2) is 4.79 Å². The van der Waals surface area contributed by atoms with Gasteiger partial charge in [-0.3, -0.25) is 14.2 Å². The predicted octanol–water partition coefficient (Wildman–Crippen LogP) is 3.20. The number of para-hydroxylation sites is 1. The lowest BCUT2D eigenvalue weighted by Crippen LogP contribution is -2.41. The van der Waals surface area contributed by atoms with Crippen LogP contribution in [0, 0.1) is 5.92 Å². The van der Waals surface area contributed by atoms with E-state index in [-0.39, 0.29) is 11.8 Å². The summed E-state index contributed by atoms with van der Waals surface area (Å²) in [4.78, 5) is 43.8. The van der Waals surface area contributed by atoms with Crippen LogP contribution in [-0.4, -0.2) is 84.8 Å². The smallest absolute Gasteiger partial charge is 0.421 e. The molecule has 0 spiro atoms. The maximum absolute atomic E-state index is 12.7. The molecule has 0 bridgehead atoms. The zero-order valence-electron chi connectivity index (χ0n) is 21.2. The Morgan fingerprint density at radius 2 is 1.83 bits per heavy atom. The summed E-state index contributed by atoms with van der Waals surface area (Å²) < 4.78 is 12.0. The van der Waals surface area contributed by atoms with Gasteiger partial charge in [-0.05, 0) is 57.6 Å². The van der Waals surface area contributed by atoms with Gasteiger partial charge in [-0.1, -0.05) is 24.3 Å². The molecule has 1 aromatic heterocycles. The number of allylic oxidation sites excluding steroid dienone is 1. The molecule has 0 radical (unpaired) electrons. The standard InChI is InChI=1S/C27H34N4O5/c1-28(2)14-10-21-18-31(24-9-5-4-8-23(21)24)27(34)36-19-35-26(33)20-11-15-30(16-12-20)25(32)22-7-6-13-29(3)17-22/h4-6,8-9,13,17-18,20H,7,10-12,14-16,19H2,1-3H3. The fourth-order valence-electron chi connectivity index (χ4n) is 4.62. The second-order valence-electron chi connectivity index (χ2n) is 9.56. The van der Waals surface area contributed by atoms with E-state index >= 15 is 0 Å². The lowest BCUT2D eigenvalue weighted by atomic mass is 9.96. The quantitative estimate of drug-likeness (QED) is 0.432. The van der Waals surface area contributed by atoms with Crippen LogP contribution in [0.15, 0.2) is 54.5 Å². The molecule has 9 heteroatoms. The third-order valence-corrected chi connectivity index (χ3v) is 6.63. The van der Waals surface area contributed by atoms with Crippen LogP contribution in [0.1, 0.15) is 24.8 Å². The van der Waals surface area contributed by atoms with E-state index in [0.29, 0.717) is 32.4 Å². The van der Waals surface area contributed by atoms with Gasteiger partial charge in [-0.15, -0.1) is 0 Å². The molecule has 0 aliphatic carbocycles. The van der Waals surface area contributed by atoms with E-state index in [1.165, 1.54) is 4.57 Å². The van der Waals surface area contributed by atoms with Gasteiger partial charge in [-0.2, -0.15) is 0 Å². The number of hydrogen-bond acceptors (Lipinski definition) is 7. The van der Waals surface area contributed by atoms with E-state index in [0.717, 1.165) is 35.0 Å². The Kier molecular flexibility index (Phi) is 8.10. The minimum atomic E-state index is -0.588. The predicted molar refractivity (Wildman–Crippen MR) is 136 cm³/mol. The largest absolute Gasteiger partial charge is 0.428 e. The summed E-state index contributed by atoms with van der Waals surface area (Å²) in [5.74, 6) is -0.713. The number of fused-ring (bicyclic) bond motifs is 1. The average Bonchev–Trinajstić information content (AvgIpc) is 3.26.